The molecule has 0 saturated heterocycles. The highest BCUT2D eigenvalue weighted by Gasteiger charge is 2.14. The molecule has 4 rings (SSSR count). The maximum atomic E-state index is 12.5. The standard InChI is InChI=1S/C23H23N5O3S/c1-15-10-20(8-9-24-15)28-22-14-25-19(11-18(22)13-26-28)12-23(29)27-16(2)17-4-6-21(7-5-17)32(3,30)31/h4-11,13-14,16H,12H2,1-3H3,(H,27,29). The minimum Gasteiger partial charge on any atom is -0.349 e. The Morgan fingerprint density at radius 3 is 2.53 bits per heavy atom. The van der Waals surface area contributed by atoms with Crippen molar-refractivity contribution in [1.82, 2.24) is 25.1 Å². The number of carbonyl (C=O) groups excluding carboxylic acids is 1. The van der Waals surface area contributed by atoms with Gasteiger partial charge in [0.05, 0.1) is 46.6 Å². The SMILES string of the molecule is Cc1cc(-n2ncc3cc(CC(=O)NC(C)c4ccc(S(C)(=O)=O)cc4)ncc32)ccn1. The maximum Gasteiger partial charge on any atom is 0.226 e. The largest absolute Gasteiger partial charge is 0.349 e. The number of hydrogen-bond donors (Lipinski definition) is 1. The van der Waals surface area contributed by atoms with Gasteiger partial charge in [-0.2, -0.15) is 5.10 Å². The summed E-state index contributed by atoms with van der Waals surface area (Å²) >= 11 is 0. The van der Waals surface area contributed by atoms with Crippen molar-refractivity contribution in [1.29, 1.82) is 0 Å². The quantitative estimate of drug-likeness (QED) is 0.485. The number of amides is 1. The number of sulfone groups is 1. The van der Waals surface area contributed by atoms with E-state index in [9.17, 15) is 13.2 Å². The van der Waals surface area contributed by atoms with E-state index in [2.05, 4.69) is 20.4 Å². The summed E-state index contributed by atoms with van der Waals surface area (Å²) in [6.07, 6.45) is 6.49. The van der Waals surface area contributed by atoms with Gasteiger partial charge in [-0.05, 0) is 49.7 Å². The molecule has 3 heterocycles. The highest BCUT2D eigenvalue weighted by molar-refractivity contribution is 7.90. The van der Waals surface area contributed by atoms with Crippen molar-refractivity contribution in [2.75, 3.05) is 6.26 Å². The van der Waals surface area contributed by atoms with Gasteiger partial charge in [0.1, 0.15) is 0 Å². The summed E-state index contributed by atoms with van der Waals surface area (Å²) in [6, 6.07) is 11.9. The number of nitrogens with zero attached hydrogens (tertiary/aromatic N) is 4. The van der Waals surface area contributed by atoms with Crippen molar-refractivity contribution in [2.24, 2.45) is 0 Å². The zero-order valence-corrected chi connectivity index (χ0v) is 18.8. The van der Waals surface area contributed by atoms with Crippen molar-refractivity contribution in [3.63, 3.8) is 0 Å². The first-order valence-corrected chi connectivity index (χ1v) is 11.9. The average molecular weight is 450 g/mol. The van der Waals surface area contributed by atoms with E-state index in [1.54, 1.807) is 47.5 Å². The van der Waals surface area contributed by atoms with Crippen LogP contribution in [0.1, 0.15) is 29.9 Å². The summed E-state index contributed by atoms with van der Waals surface area (Å²) in [4.78, 5) is 21.4. The van der Waals surface area contributed by atoms with Crippen LogP contribution < -0.4 is 5.32 Å². The van der Waals surface area contributed by atoms with Crippen molar-refractivity contribution in [3.8, 4) is 5.69 Å². The molecular formula is C23H23N5O3S. The lowest BCUT2D eigenvalue weighted by Crippen LogP contribution is -2.28. The molecular weight excluding hydrogens is 426 g/mol. The van der Waals surface area contributed by atoms with Gasteiger partial charge < -0.3 is 5.32 Å². The van der Waals surface area contributed by atoms with Crippen LogP contribution in [0.2, 0.25) is 0 Å². The molecule has 0 aliphatic heterocycles. The van der Waals surface area contributed by atoms with Crippen LogP contribution in [-0.2, 0) is 21.1 Å². The lowest BCUT2D eigenvalue weighted by molar-refractivity contribution is -0.121. The molecule has 4 aromatic rings. The van der Waals surface area contributed by atoms with Crippen LogP contribution in [-0.4, -0.2) is 40.3 Å². The van der Waals surface area contributed by atoms with Crippen LogP contribution >= 0.6 is 0 Å². The van der Waals surface area contributed by atoms with Gasteiger partial charge in [0.25, 0.3) is 0 Å². The number of benzene rings is 1. The third kappa shape index (κ3) is 4.67. The summed E-state index contributed by atoms with van der Waals surface area (Å²) in [5, 5.41) is 8.27. The van der Waals surface area contributed by atoms with Gasteiger partial charge in [0, 0.05) is 23.5 Å². The van der Waals surface area contributed by atoms with Gasteiger partial charge in [-0.25, -0.2) is 13.1 Å². The predicted molar refractivity (Wildman–Crippen MR) is 121 cm³/mol. The molecule has 8 nitrogen and oxygen atoms in total. The molecule has 164 valence electrons. The van der Waals surface area contributed by atoms with Crippen LogP contribution in [0.3, 0.4) is 0 Å². The van der Waals surface area contributed by atoms with E-state index in [-0.39, 0.29) is 23.3 Å². The molecule has 1 unspecified atom stereocenters. The smallest absolute Gasteiger partial charge is 0.226 e. The van der Waals surface area contributed by atoms with Crippen molar-refractivity contribution >= 4 is 26.6 Å². The number of aryl methyl sites for hydroxylation is 1. The second kappa shape index (κ2) is 8.51. The first-order valence-electron chi connectivity index (χ1n) is 10.1. The van der Waals surface area contributed by atoms with Crippen LogP contribution in [0.25, 0.3) is 16.6 Å². The first-order chi connectivity index (χ1) is 15.2. The number of aromatic nitrogens is 4. The maximum absolute atomic E-state index is 12.5. The molecule has 0 spiro atoms. The van der Waals surface area contributed by atoms with E-state index < -0.39 is 9.84 Å². The molecule has 1 aromatic carbocycles. The van der Waals surface area contributed by atoms with Gasteiger partial charge >= 0.3 is 0 Å². The summed E-state index contributed by atoms with van der Waals surface area (Å²) in [6.45, 7) is 3.77. The van der Waals surface area contributed by atoms with Gasteiger partial charge in [-0.15, -0.1) is 0 Å². The third-order valence-corrected chi connectivity index (χ3v) is 6.29. The molecule has 32 heavy (non-hydrogen) atoms. The minimum atomic E-state index is -3.25. The molecule has 0 radical (unpaired) electrons. The van der Waals surface area contributed by atoms with Gasteiger partial charge in [0.15, 0.2) is 9.84 Å². The van der Waals surface area contributed by atoms with Crippen LogP contribution in [0.5, 0.6) is 0 Å². The molecule has 0 saturated carbocycles. The van der Waals surface area contributed by atoms with E-state index >= 15 is 0 Å². The molecule has 9 heteroatoms. The first kappa shape index (κ1) is 21.6. The van der Waals surface area contributed by atoms with Gasteiger partial charge in [-0.1, -0.05) is 12.1 Å². The molecule has 1 amide bonds. The lowest BCUT2D eigenvalue weighted by Gasteiger charge is -2.14. The number of fused-ring (bicyclic) bond motifs is 1. The van der Waals surface area contributed by atoms with E-state index in [1.807, 2.05) is 32.0 Å². The van der Waals surface area contributed by atoms with E-state index in [0.29, 0.717) is 5.69 Å². The van der Waals surface area contributed by atoms with Crippen LogP contribution in [0, 0.1) is 6.92 Å². The highest BCUT2D eigenvalue weighted by Crippen LogP contribution is 2.20. The fourth-order valence-electron chi connectivity index (χ4n) is 3.48. The van der Waals surface area contributed by atoms with Crippen molar-refractivity contribution in [3.05, 3.63) is 78.0 Å². The summed E-state index contributed by atoms with van der Waals surface area (Å²) in [7, 11) is -3.25. The van der Waals surface area contributed by atoms with Gasteiger partial charge in [0.2, 0.25) is 5.91 Å². The van der Waals surface area contributed by atoms with Crippen molar-refractivity contribution < 1.29 is 13.2 Å². The van der Waals surface area contributed by atoms with Crippen LogP contribution in [0.4, 0.5) is 0 Å². The molecule has 0 fully saturated rings. The Labute approximate surface area is 186 Å². The zero-order valence-electron chi connectivity index (χ0n) is 18.0. The number of carbonyl (C=O) groups is 1. The lowest BCUT2D eigenvalue weighted by atomic mass is 10.1. The Hall–Kier alpha value is -3.59. The second-order valence-electron chi connectivity index (χ2n) is 7.75. The summed E-state index contributed by atoms with van der Waals surface area (Å²) < 4.78 is 25.0. The number of pyridine rings is 2. The van der Waals surface area contributed by atoms with E-state index in [1.165, 1.54) is 6.26 Å². The average Bonchev–Trinajstić information content (AvgIpc) is 3.16. The molecule has 1 atom stereocenters. The zero-order chi connectivity index (χ0) is 22.9. The molecule has 0 aliphatic carbocycles. The fourth-order valence-corrected chi connectivity index (χ4v) is 4.11. The summed E-state index contributed by atoms with van der Waals surface area (Å²) in [5.74, 6) is -0.173. The molecule has 0 aliphatic rings. The second-order valence-corrected chi connectivity index (χ2v) is 9.77. The Balaban J connectivity index is 1.45. The minimum absolute atomic E-state index is 0.126. The number of rotatable bonds is 6. The van der Waals surface area contributed by atoms with E-state index in [0.717, 1.165) is 27.8 Å². The predicted octanol–water partition coefficient (Wildman–Crippen LogP) is 2.95. The normalized spacial score (nSPS) is 12.6. The monoisotopic (exact) mass is 449 g/mol. The Morgan fingerprint density at radius 1 is 1.09 bits per heavy atom. The molecule has 0 bridgehead atoms. The topological polar surface area (TPSA) is 107 Å². The van der Waals surface area contributed by atoms with E-state index in [4.69, 9.17) is 0 Å². The third-order valence-electron chi connectivity index (χ3n) is 5.16. The fraction of sp³-hybridized carbons (Fsp3) is 0.217. The Bertz CT molecular complexity index is 1390. The van der Waals surface area contributed by atoms with Gasteiger partial charge in [-0.3, -0.25) is 14.8 Å². The highest BCUT2D eigenvalue weighted by atomic mass is 32.2. The Kier molecular flexibility index (Phi) is 5.75. The van der Waals surface area contributed by atoms with Crippen molar-refractivity contribution in [2.45, 2.75) is 31.2 Å². The number of hydrogen-bond acceptors (Lipinski definition) is 6. The molecule has 1 N–H and O–H groups in total. The Morgan fingerprint density at radius 2 is 1.84 bits per heavy atom. The summed E-state index contributed by atoms with van der Waals surface area (Å²) in [5.41, 5.74) is 4.10. The number of nitrogens with one attached hydrogen (secondary N) is 1. The van der Waals surface area contributed by atoms with Crippen LogP contribution in [0.15, 0.2) is 66.0 Å². The molecule has 3 aromatic heterocycles.